The predicted molar refractivity (Wildman–Crippen MR) is 124 cm³/mol. The van der Waals surface area contributed by atoms with E-state index in [1.807, 2.05) is 24.3 Å². The number of hydrogen-bond donors (Lipinski definition) is 1. The minimum absolute atomic E-state index is 0.173. The van der Waals surface area contributed by atoms with Gasteiger partial charge in [0, 0.05) is 23.7 Å². The molecule has 5 rings (SSSR count). The fraction of sp³-hybridized carbons (Fsp3) is 0.130. The number of aromatic nitrogens is 1. The second-order valence-corrected chi connectivity index (χ2v) is 10.2. The molecule has 7 nitrogen and oxygen atoms in total. The first-order chi connectivity index (χ1) is 15.5. The van der Waals surface area contributed by atoms with Crippen LogP contribution in [0.2, 0.25) is 0 Å². The number of sulfonamides is 1. The molecule has 3 heterocycles. The standard InChI is InChI=1S/C23H19N3O4S2/c1-29-20-14-16(23-17-5-3-2-4-15(17)10-12-24-23)6-7-18(20)26-32(27,28)22-9-8-21(31-22)19-11-13-30-25-19/h2-9,11,13-14,26H,10,12H2,1H3. The van der Waals surface area contributed by atoms with Crippen LogP contribution in [0.15, 0.2) is 80.7 Å². The van der Waals surface area contributed by atoms with Crippen LogP contribution in [0.4, 0.5) is 5.69 Å². The fourth-order valence-electron chi connectivity index (χ4n) is 3.65. The summed E-state index contributed by atoms with van der Waals surface area (Å²) in [5, 5.41) is 3.85. The van der Waals surface area contributed by atoms with Gasteiger partial charge >= 0.3 is 0 Å². The topological polar surface area (TPSA) is 93.8 Å². The van der Waals surface area contributed by atoms with Crippen LogP contribution in [-0.4, -0.2) is 32.9 Å². The highest BCUT2D eigenvalue weighted by molar-refractivity contribution is 7.94. The third-order valence-electron chi connectivity index (χ3n) is 5.18. The third kappa shape index (κ3) is 3.80. The van der Waals surface area contributed by atoms with Crippen molar-refractivity contribution in [1.29, 1.82) is 0 Å². The van der Waals surface area contributed by atoms with E-state index in [4.69, 9.17) is 14.3 Å². The SMILES string of the molecule is COc1cc(C2=NCCc3ccccc32)ccc1NS(=O)(=O)c1ccc(-c2ccon2)s1. The molecule has 0 unspecified atom stereocenters. The Labute approximate surface area is 189 Å². The first kappa shape index (κ1) is 20.5. The van der Waals surface area contributed by atoms with E-state index in [0.29, 0.717) is 22.0 Å². The summed E-state index contributed by atoms with van der Waals surface area (Å²) in [5.41, 5.74) is 5.05. The smallest absolute Gasteiger partial charge is 0.271 e. The van der Waals surface area contributed by atoms with Crippen LogP contribution in [0.25, 0.3) is 10.6 Å². The van der Waals surface area contributed by atoms with E-state index in [1.165, 1.54) is 18.9 Å². The summed E-state index contributed by atoms with van der Waals surface area (Å²) < 4.78 is 39.1. The lowest BCUT2D eigenvalue weighted by Gasteiger charge is -2.18. The van der Waals surface area contributed by atoms with Gasteiger partial charge in [-0.05, 0) is 36.2 Å². The molecule has 0 fully saturated rings. The Balaban J connectivity index is 1.44. The Morgan fingerprint density at radius 1 is 1.09 bits per heavy atom. The van der Waals surface area contributed by atoms with Gasteiger partial charge in [0.25, 0.3) is 10.0 Å². The van der Waals surface area contributed by atoms with Crippen molar-refractivity contribution in [2.75, 3.05) is 18.4 Å². The van der Waals surface area contributed by atoms with Crippen LogP contribution < -0.4 is 9.46 Å². The highest BCUT2D eigenvalue weighted by Gasteiger charge is 2.22. The molecule has 0 radical (unpaired) electrons. The highest BCUT2D eigenvalue weighted by Crippen LogP contribution is 2.34. The molecule has 0 amide bonds. The molecule has 162 valence electrons. The number of ether oxygens (including phenoxy) is 1. The van der Waals surface area contributed by atoms with Crippen molar-refractivity contribution in [3.8, 4) is 16.3 Å². The number of methoxy groups -OCH3 is 1. The Morgan fingerprint density at radius 2 is 1.97 bits per heavy atom. The highest BCUT2D eigenvalue weighted by atomic mass is 32.2. The van der Waals surface area contributed by atoms with Crippen molar-refractivity contribution in [2.24, 2.45) is 4.99 Å². The zero-order chi connectivity index (χ0) is 22.1. The van der Waals surface area contributed by atoms with Crippen LogP contribution in [0.3, 0.4) is 0 Å². The summed E-state index contributed by atoms with van der Waals surface area (Å²) in [6.07, 6.45) is 2.36. The van der Waals surface area contributed by atoms with Gasteiger partial charge in [-0.2, -0.15) is 0 Å². The summed E-state index contributed by atoms with van der Waals surface area (Å²) in [6.45, 7) is 0.718. The van der Waals surface area contributed by atoms with E-state index >= 15 is 0 Å². The van der Waals surface area contributed by atoms with Gasteiger partial charge in [-0.1, -0.05) is 35.5 Å². The van der Waals surface area contributed by atoms with Crippen LogP contribution in [0.1, 0.15) is 16.7 Å². The lowest BCUT2D eigenvalue weighted by molar-refractivity contribution is 0.417. The maximum atomic E-state index is 13.0. The molecule has 1 aliphatic heterocycles. The number of nitrogens with zero attached hydrogens (tertiary/aromatic N) is 2. The quantitative estimate of drug-likeness (QED) is 0.449. The number of rotatable bonds is 6. The molecule has 0 spiro atoms. The van der Waals surface area contributed by atoms with E-state index in [0.717, 1.165) is 41.1 Å². The van der Waals surface area contributed by atoms with Gasteiger partial charge in [0.1, 0.15) is 21.9 Å². The van der Waals surface area contributed by atoms with Gasteiger partial charge in [0.15, 0.2) is 0 Å². The molecule has 0 saturated heterocycles. The Morgan fingerprint density at radius 3 is 2.78 bits per heavy atom. The van der Waals surface area contributed by atoms with Gasteiger partial charge in [0.05, 0.1) is 23.4 Å². The average molecular weight is 466 g/mol. The fourth-order valence-corrected chi connectivity index (χ4v) is 5.99. The molecule has 0 aliphatic carbocycles. The minimum atomic E-state index is -3.80. The maximum absolute atomic E-state index is 13.0. The van der Waals surface area contributed by atoms with Crippen LogP contribution in [0, 0.1) is 0 Å². The van der Waals surface area contributed by atoms with E-state index in [9.17, 15) is 8.42 Å². The van der Waals surface area contributed by atoms with E-state index in [1.54, 1.807) is 24.3 Å². The first-order valence-electron chi connectivity index (χ1n) is 9.90. The Bertz CT molecular complexity index is 1410. The zero-order valence-electron chi connectivity index (χ0n) is 17.1. The number of benzene rings is 2. The number of fused-ring (bicyclic) bond motifs is 1. The number of aliphatic imine (C=N–C) groups is 1. The maximum Gasteiger partial charge on any atom is 0.271 e. The normalized spacial score (nSPS) is 13.3. The molecule has 2 aromatic carbocycles. The summed E-state index contributed by atoms with van der Waals surface area (Å²) >= 11 is 1.12. The summed E-state index contributed by atoms with van der Waals surface area (Å²) in [7, 11) is -2.29. The van der Waals surface area contributed by atoms with Crippen molar-refractivity contribution in [3.63, 3.8) is 0 Å². The number of anilines is 1. The van der Waals surface area contributed by atoms with Gasteiger partial charge in [0.2, 0.25) is 0 Å². The van der Waals surface area contributed by atoms with Gasteiger partial charge in [-0.3, -0.25) is 9.71 Å². The molecule has 32 heavy (non-hydrogen) atoms. The van der Waals surface area contributed by atoms with Crippen LogP contribution in [0.5, 0.6) is 5.75 Å². The second-order valence-electron chi connectivity index (χ2n) is 7.16. The molecule has 2 aromatic heterocycles. The summed E-state index contributed by atoms with van der Waals surface area (Å²) in [5.74, 6) is 0.421. The molecule has 0 saturated carbocycles. The number of hydrogen-bond acceptors (Lipinski definition) is 7. The monoisotopic (exact) mass is 465 g/mol. The largest absolute Gasteiger partial charge is 0.495 e. The molecular weight excluding hydrogens is 446 g/mol. The Hall–Kier alpha value is -3.43. The minimum Gasteiger partial charge on any atom is -0.495 e. The molecule has 1 aliphatic rings. The summed E-state index contributed by atoms with van der Waals surface area (Å²) in [4.78, 5) is 5.41. The third-order valence-corrected chi connectivity index (χ3v) is 8.14. The zero-order valence-corrected chi connectivity index (χ0v) is 18.7. The molecule has 1 N–H and O–H groups in total. The van der Waals surface area contributed by atoms with Crippen molar-refractivity contribution in [1.82, 2.24) is 5.16 Å². The molecule has 0 bridgehead atoms. The summed E-state index contributed by atoms with van der Waals surface area (Å²) in [6, 6.07) is 18.5. The van der Waals surface area contributed by atoms with E-state index < -0.39 is 10.0 Å². The first-order valence-corrected chi connectivity index (χ1v) is 12.2. The van der Waals surface area contributed by atoms with Gasteiger partial charge < -0.3 is 9.26 Å². The van der Waals surface area contributed by atoms with E-state index in [-0.39, 0.29) is 4.21 Å². The lowest BCUT2D eigenvalue weighted by atomic mass is 9.93. The molecule has 0 atom stereocenters. The van der Waals surface area contributed by atoms with Crippen molar-refractivity contribution >= 4 is 32.8 Å². The number of thiophene rings is 1. The predicted octanol–water partition coefficient (Wildman–Crippen LogP) is 4.61. The van der Waals surface area contributed by atoms with Gasteiger partial charge in [-0.25, -0.2) is 8.42 Å². The van der Waals surface area contributed by atoms with Crippen molar-refractivity contribution in [3.05, 3.63) is 83.6 Å². The second kappa shape index (κ2) is 8.25. The average Bonchev–Trinajstić information content (AvgIpc) is 3.51. The van der Waals surface area contributed by atoms with Gasteiger partial charge in [-0.15, -0.1) is 11.3 Å². The lowest BCUT2D eigenvalue weighted by Crippen LogP contribution is -2.15. The van der Waals surface area contributed by atoms with Crippen molar-refractivity contribution in [2.45, 2.75) is 10.6 Å². The van der Waals surface area contributed by atoms with E-state index in [2.05, 4.69) is 22.0 Å². The number of nitrogens with one attached hydrogen (secondary N) is 1. The molecule has 9 heteroatoms. The van der Waals surface area contributed by atoms with Crippen LogP contribution >= 0.6 is 11.3 Å². The molecule has 4 aromatic rings. The Kier molecular flexibility index (Phi) is 5.28. The van der Waals surface area contributed by atoms with Crippen LogP contribution in [-0.2, 0) is 16.4 Å². The molecular formula is C23H19N3O4S2. The van der Waals surface area contributed by atoms with Crippen molar-refractivity contribution < 1.29 is 17.7 Å².